The summed E-state index contributed by atoms with van der Waals surface area (Å²) in [6.07, 6.45) is 1.45. The Morgan fingerprint density at radius 2 is 2.08 bits per heavy atom. The molecule has 2 aromatic rings. The zero-order chi connectivity index (χ0) is 18.6. The Kier molecular flexibility index (Phi) is 5.92. The van der Waals surface area contributed by atoms with Gasteiger partial charge in [-0.15, -0.1) is 11.3 Å². The number of hydrogen-bond acceptors (Lipinski definition) is 6. The number of hydrogen-bond donors (Lipinski definition) is 2. The smallest absolute Gasteiger partial charge is 0.341 e. The maximum absolute atomic E-state index is 12.4. The lowest BCUT2D eigenvalue weighted by Gasteiger charge is -2.06. The van der Waals surface area contributed by atoms with Gasteiger partial charge in [-0.05, 0) is 32.4 Å². The number of ether oxygens (including phenoxy) is 1. The molecule has 0 radical (unpaired) electrons. The van der Waals surface area contributed by atoms with Gasteiger partial charge in [-0.3, -0.25) is 14.3 Å². The van der Waals surface area contributed by atoms with Crippen LogP contribution in [0.3, 0.4) is 0 Å². The van der Waals surface area contributed by atoms with Gasteiger partial charge in [-0.2, -0.15) is 5.10 Å². The Balaban J connectivity index is 2.17. The van der Waals surface area contributed by atoms with Gasteiger partial charge in [0.05, 0.1) is 25.1 Å². The second kappa shape index (κ2) is 7.93. The minimum atomic E-state index is -0.940. The monoisotopic (exact) mass is 365 g/mol. The number of amides is 1. The number of carbonyl (C=O) groups excluding carboxylic acids is 2. The molecular formula is C16H19N3O5S. The van der Waals surface area contributed by atoms with Crippen molar-refractivity contribution in [3.05, 3.63) is 34.0 Å². The third kappa shape index (κ3) is 4.44. The van der Waals surface area contributed by atoms with E-state index in [4.69, 9.17) is 9.84 Å². The topological polar surface area (TPSA) is 111 Å². The van der Waals surface area contributed by atoms with Crippen LogP contribution < -0.4 is 5.32 Å². The van der Waals surface area contributed by atoms with Crippen molar-refractivity contribution in [3.8, 4) is 0 Å². The molecular weight excluding hydrogens is 346 g/mol. The number of carboxylic acids is 1. The predicted molar refractivity (Wildman–Crippen MR) is 92.2 cm³/mol. The van der Waals surface area contributed by atoms with Gasteiger partial charge < -0.3 is 15.2 Å². The molecule has 0 bridgehead atoms. The number of nitrogens with one attached hydrogen (secondary N) is 1. The molecule has 2 aromatic heterocycles. The fourth-order valence-electron chi connectivity index (χ4n) is 2.15. The van der Waals surface area contributed by atoms with Crippen LogP contribution in [0.4, 0.5) is 5.00 Å². The largest absolute Gasteiger partial charge is 0.481 e. The molecule has 0 spiro atoms. The van der Waals surface area contributed by atoms with Gasteiger partial charge in [0.25, 0.3) is 5.91 Å². The molecule has 25 heavy (non-hydrogen) atoms. The van der Waals surface area contributed by atoms with Crippen LogP contribution in [-0.4, -0.2) is 39.3 Å². The minimum absolute atomic E-state index is 0.0843. The molecule has 2 rings (SSSR count). The van der Waals surface area contributed by atoms with E-state index in [-0.39, 0.29) is 25.3 Å². The first-order chi connectivity index (χ1) is 11.8. The van der Waals surface area contributed by atoms with Gasteiger partial charge in [-0.25, -0.2) is 4.79 Å². The molecule has 9 heteroatoms. The van der Waals surface area contributed by atoms with Gasteiger partial charge >= 0.3 is 11.9 Å². The third-order valence-corrected chi connectivity index (χ3v) is 4.64. The number of nitrogens with zero attached hydrogens (tertiary/aromatic N) is 2. The number of aryl methyl sites for hydroxylation is 2. The summed E-state index contributed by atoms with van der Waals surface area (Å²) in [4.78, 5) is 36.0. The summed E-state index contributed by atoms with van der Waals surface area (Å²) in [5.41, 5.74) is 1.26. The van der Waals surface area contributed by atoms with Crippen molar-refractivity contribution < 1.29 is 24.2 Å². The zero-order valence-corrected chi connectivity index (χ0v) is 15.0. The summed E-state index contributed by atoms with van der Waals surface area (Å²) in [6.45, 7) is 5.80. The number of thiophene rings is 1. The van der Waals surface area contributed by atoms with E-state index in [1.807, 2.05) is 6.92 Å². The van der Waals surface area contributed by atoms with Crippen molar-refractivity contribution in [1.82, 2.24) is 9.78 Å². The van der Waals surface area contributed by atoms with Gasteiger partial charge in [0.15, 0.2) is 5.69 Å². The standard InChI is InChI=1S/C16H19N3O5S/c1-4-24-16(23)13-9(2)10(3)25-15(13)17-14(22)11-5-7-19(18-11)8-6-12(20)21/h5,7H,4,6,8H2,1-3H3,(H,17,22)(H,20,21). The Labute approximate surface area is 148 Å². The van der Waals surface area contributed by atoms with Gasteiger partial charge in [0.2, 0.25) is 0 Å². The van der Waals surface area contributed by atoms with E-state index in [2.05, 4.69) is 10.4 Å². The number of carboxylic acid groups (broad SMARTS) is 1. The van der Waals surface area contributed by atoms with Crippen LogP contribution >= 0.6 is 11.3 Å². The molecule has 0 aliphatic heterocycles. The average Bonchev–Trinajstić information content (AvgIpc) is 3.11. The van der Waals surface area contributed by atoms with E-state index < -0.39 is 17.8 Å². The Morgan fingerprint density at radius 1 is 1.36 bits per heavy atom. The van der Waals surface area contributed by atoms with Crippen LogP contribution in [0.15, 0.2) is 12.3 Å². The van der Waals surface area contributed by atoms with E-state index in [9.17, 15) is 14.4 Å². The number of esters is 1. The number of carbonyl (C=O) groups is 3. The van der Waals surface area contributed by atoms with E-state index in [1.54, 1.807) is 13.8 Å². The summed E-state index contributed by atoms with van der Waals surface area (Å²) in [5.74, 6) is -1.89. The van der Waals surface area contributed by atoms with Crippen molar-refractivity contribution in [2.75, 3.05) is 11.9 Å². The number of aromatic nitrogens is 2. The Morgan fingerprint density at radius 3 is 2.72 bits per heavy atom. The highest BCUT2D eigenvalue weighted by Crippen LogP contribution is 2.33. The normalized spacial score (nSPS) is 10.5. The van der Waals surface area contributed by atoms with Crippen LogP contribution in [0.25, 0.3) is 0 Å². The second-order valence-corrected chi connectivity index (χ2v) is 6.49. The molecule has 0 aliphatic rings. The minimum Gasteiger partial charge on any atom is -0.481 e. The molecule has 0 fully saturated rings. The average molecular weight is 365 g/mol. The fourth-order valence-corrected chi connectivity index (χ4v) is 3.19. The summed E-state index contributed by atoms with van der Waals surface area (Å²) in [5, 5.41) is 15.8. The maximum Gasteiger partial charge on any atom is 0.341 e. The van der Waals surface area contributed by atoms with Gasteiger partial charge in [-0.1, -0.05) is 0 Å². The van der Waals surface area contributed by atoms with Crippen LogP contribution in [0.2, 0.25) is 0 Å². The molecule has 0 aromatic carbocycles. The third-order valence-electron chi connectivity index (χ3n) is 3.52. The van der Waals surface area contributed by atoms with E-state index in [1.165, 1.54) is 28.3 Å². The zero-order valence-electron chi connectivity index (χ0n) is 14.2. The Bertz CT molecular complexity index is 809. The van der Waals surface area contributed by atoms with E-state index in [0.29, 0.717) is 10.6 Å². The molecule has 0 saturated heterocycles. The molecule has 134 valence electrons. The highest BCUT2D eigenvalue weighted by atomic mass is 32.1. The van der Waals surface area contributed by atoms with Crippen molar-refractivity contribution in [1.29, 1.82) is 0 Å². The van der Waals surface area contributed by atoms with Crippen molar-refractivity contribution >= 4 is 34.2 Å². The molecule has 2 heterocycles. The molecule has 2 N–H and O–H groups in total. The van der Waals surface area contributed by atoms with E-state index >= 15 is 0 Å². The maximum atomic E-state index is 12.4. The molecule has 8 nitrogen and oxygen atoms in total. The summed E-state index contributed by atoms with van der Waals surface area (Å²) >= 11 is 1.29. The summed E-state index contributed by atoms with van der Waals surface area (Å²) in [7, 11) is 0. The van der Waals surface area contributed by atoms with Crippen LogP contribution in [0, 0.1) is 13.8 Å². The first-order valence-electron chi connectivity index (χ1n) is 7.67. The molecule has 0 aliphatic carbocycles. The SMILES string of the molecule is CCOC(=O)c1c(NC(=O)c2ccn(CCC(=O)O)n2)sc(C)c1C. The van der Waals surface area contributed by atoms with Crippen LogP contribution in [-0.2, 0) is 16.1 Å². The number of rotatable bonds is 7. The van der Waals surface area contributed by atoms with Crippen molar-refractivity contribution in [2.45, 2.75) is 33.7 Å². The second-order valence-electron chi connectivity index (χ2n) is 5.27. The lowest BCUT2D eigenvalue weighted by Crippen LogP contribution is -2.16. The van der Waals surface area contributed by atoms with Gasteiger partial charge in [0.1, 0.15) is 5.00 Å². The first-order valence-corrected chi connectivity index (χ1v) is 8.48. The van der Waals surface area contributed by atoms with Crippen LogP contribution in [0.1, 0.15) is 44.6 Å². The molecule has 0 saturated carbocycles. The lowest BCUT2D eigenvalue weighted by atomic mass is 10.1. The highest BCUT2D eigenvalue weighted by molar-refractivity contribution is 7.16. The van der Waals surface area contributed by atoms with Crippen molar-refractivity contribution in [3.63, 3.8) is 0 Å². The highest BCUT2D eigenvalue weighted by Gasteiger charge is 2.23. The van der Waals surface area contributed by atoms with Crippen LogP contribution in [0.5, 0.6) is 0 Å². The number of anilines is 1. The summed E-state index contributed by atoms with van der Waals surface area (Å²) in [6, 6.07) is 1.49. The number of aliphatic carboxylic acids is 1. The predicted octanol–water partition coefficient (Wildman–Crippen LogP) is 2.47. The quantitative estimate of drug-likeness (QED) is 0.729. The molecule has 1 amide bonds. The van der Waals surface area contributed by atoms with Gasteiger partial charge in [0, 0.05) is 11.1 Å². The lowest BCUT2D eigenvalue weighted by molar-refractivity contribution is -0.137. The summed E-state index contributed by atoms with van der Waals surface area (Å²) < 4.78 is 6.44. The fraction of sp³-hybridized carbons (Fsp3) is 0.375. The Hall–Kier alpha value is -2.68. The van der Waals surface area contributed by atoms with E-state index in [0.717, 1.165) is 10.4 Å². The first kappa shape index (κ1) is 18.7. The molecule has 0 atom stereocenters. The van der Waals surface area contributed by atoms with Crippen molar-refractivity contribution in [2.24, 2.45) is 0 Å². The molecule has 0 unspecified atom stereocenters.